The zero-order valence-corrected chi connectivity index (χ0v) is 12.9. The van der Waals surface area contributed by atoms with E-state index in [0.29, 0.717) is 37.1 Å². The number of hydrogen-bond acceptors (Lipinski definition) is 4. The van der Waals surface area contributed by atoms with Crippen LogP contribution in [-0.4, -0.2) is 37.6 Å². The van der Waals surface area contributed by atoms with E-state index in [1.165, 1.54) is 6.92 Å². The van der Waals surface area contributed by atoms with Crippen molar-refractivity contribution in [3.8, 4) is 5.75 Å². The lowest BCUT2D eigenvalue weighted by atomic mass is 10.1. The molecule has 120 valence electrons. The lowest BCUT2D eigenvalue weighted by Gasteiger charge is -2.11. The second-order valence-electron chi connectivity index (χ2n) is 5.40. The summed E-state index contributed by atoms with van der Waals surface area (Å²) in [7, 11) is 0. The van der Waals surface area contributed by atoms with Gasteiger partial charge in [0.25, 0.3) is 0 Å². The largest absolute Gasteiger partial charge is 0.492 e. The van der Waals surface area contributed by atoms with Gasteiger partial charge in [-0.25, -0.2) is 0 Å². The highest BCUT2D eigenvalue weighted by Gasteiger charge is 2.17. The van der Waals surface area contributed by atoms with Gasteiger partial charge in [0, 0.05) is 31.1 Å². The Morgan fingerprint density at radius 1 is 1.41 bits per heavy atom. The number of benzene rings is 1. The molecule has 1 saturated heterocycles. The summed E-state index contributed by atoms with van der Waals surface area (Å²) in [5.74, 6) is 0.595. The Labute approximate surface area is 130 Å². The first-order valence-electron chi connectivity index (χ1n) is 7.64. The van der Waals surface area contributed by atoms with Crippen molar-refractivity contribution in [1.82, 2.24) is 10.6 Å². The molecule has 6 nitrogen and oxygen atoms in total. The van der Waals surface area contributed by atoms with Crippen molar-refractivity contribution in [3.63, 3.8) is 0 Å². The topological polar surface area (TPSA) is 79.5 Å². The van der Waals surface area contributed by atoms with Crippen LogP contribution in [0, 0.1) is 0 Å². The van der Waals surface area contributed by atoms with Crippen LogP contribution in [-0.2, 0) is 9.59 Å². The highest BCUT2D eigenvalue weighted by atomic mass is 16.5. The summed E-state index contributed by atoms with van der Waals surface area (Å²) >= 11 is 0. The Bertz CT molecular complexity index is 513. The summed E-state index contributed by atoms with van der Waals surface area (Å²) in [6.45, 7) is 3.33. The monoisotopic (exact) mass is 305 g/mol. The highest BCUT2D eigenvalue weighted by molar-refractivity contribution is 5.88. The van der Waals surface area contributed by atoms with Gasteiger partial charge in [-0.05, 0) is 31.5 Å². The number of carbonyl (C=O) groups excluding carboxylic acids is 2. The number of nitrogens with one attached hydrogen (secondary N) is 3. The Hall–Kier alpha value is -2.08. The lowest BCUT2D eigenvalue weighted by Crippen LogP contribution is -2.33. The minimum absolute atomic E-state index is 0.0509. The van der Waals surface area contributed by atoms with Crippen molar-refractivity contribution in [2.45, 2.75) is 32.2 Å². The fraction of sp³-hybridized carbons (Fsp3) is 0.500. The number of rotatable bonds is 7. The summed E-state index contributed by atoms with van der Waals surface area (Å²) in [5, 5.41) is 8.85. The van der Waals surface area contributed by atoms with Crippen LogP contribution in [0.3, 0.4) is 0 Å². The van der Waals surface area contributed by atoms with E-state index in [-0.39, 0.29) is 11.8 Å². The van der Waals surface area contributed by atoms with Crippen LogP contribution in [0.5, 0.6) is 5.75 Å². The lowest BCUT2D eigenvalue weighted by molar-refractivity contribution is -0.121. The summed E-state index contributed by atoms with van der Waals surface area (Å²) in [4.78, 5) is 22.7. The quantitative estimate of drug-likeness (QED) is 0.663. The number of hydrogen-bond donors (Lipinski definition) is 3. The summed E-state index contributed by atoms with van der Waals surface area (Å²) in [5.41, 5.74) is 0.696. The molecular weight excluding hydrogens is 282 g/mol. The van der Waals surface area contributed by atoms with E-state index in [1.807, 2.05) is 12.1 Å². The van der Waals surface area contributed by atoms with Gasteiger partial charge >= 0.3 is 0 Å². The Balaban J connectivity index is 1.65. The molecular formula is C16H23N3O3. The molecule has 1 aromatic carbocycles. The molecule has 1 aliphatic heterocycles. The zero-order chi connectivity index (χ0) is 15.8. The highest BCUT2D eigenvalue weighted by Crippen LogP contribution is 2.17. The van der Waals surface area contributed by atoms with Crippen LogP contribution in [0.15, 0.2) is 24.3 Å². The number of amides is 2. The second-order valence-corrected chi connectivity index (χ2v) is 5.40. The van der Waals surface area contributed by atoms with E-state index in [0.717, 1.165) is 19.4 Å². The number of ether oxygens (including phenoxy) is 1. The number of carbonyl (C=O) groups is 2. The maximum absolute atomic E-state index is 11.7. The third kappa shape index (κ3) is 5.73. The van der Waals surface area contributed by atoms with Gasteiger partial charge < -0.3 is 20.7 Å². The Morgan fingerprint density at radius 3 is 3.00 bits per heavy atom. The predicted octanol–water partition coefficient (Wildman–Crippen LogP) is 1.28. The van der Waals surface area contributed by atoms with Crippen LogP contribution in [0.2, 0.25) is 0 Å². The fourth-order valence-corrected chi connectivity index (χ4v) is 2.45. The molecule has 3 N–H and O–H groups in total. The van der Waals surface area contributed by atoms with Crippen molar-refractivity contribution in [1.29, 1.82) is 0 Å². The van der Waals surface area contributed by atoms with Crippen LogP contribution in [0.25, 0.3) is 0 Å². The van der Waals surface area contributed by atoms with Crippen LogP contribution in [0.4, 0.5) is 5.69 Å². The standard InChI is InChI=1S/C16H23N3O3/c1-12(20)19-14-4-2-6-15(10-14)22-9-8-18-16(21)11-13-5-3-7-17-13/h2,4,6,10,13,17H,3,5,7-9,11H2,1H3,(H,18,21)(H,19,20). The van der Waals surface area contributed by atoms with Gasteiger partial charge in [-0.1, -0.05) is 6.07 Å². The molecule has 1 aliphatic rings. The van der Waals surface area contributed by atoms with Crippen LogP contribution in [0.1, 0.15) is 26.2 Å². The van der Waals surface area contributed by atoms with Crippen LogP contribution < -0.4 is 20.7 Å². The predicted molar refractivity (Wildman–Crippen MR) is 84.9 cm³/mol. The van der Waals surface area contributed by atoms with Gasteiger partial charge in [0.05, 0.1) is 6.54 Å². The minimum Gasteiger partial charge on any atom is -0.492 e. The zero-order valence-electron chi connectivity index (χ0n) is 12.9. The van der Waals surface area contributed by atoms with E-state index < -0.39 is 0 Å². The first-order valence-corrected chi connectivity index (χ1v) is 7.64. The van der Waals surface area contributed by atoms with Gasteiger partial charge in [-0.2, -0.15) is 0 Å². The molecule has 2 amide bonds. The van der Waals surface area contributed by atoms with Gasteiger partial charge in [-0.15, -0.1) is 0 Å². The Morgan fingerprint density at radius 2 is 2.27 bits per heavy atom. The third-order valence-corrected chi connectivity index (χ3v) is 3.44. The van der Waals surface area contributed by atoms with Crippen molar-refractivity contribution < 1.29 is 14.3 Å². The average molecular weight is 305 g/mol. The molecule has 0 bridgehead atoms. The molecule has 0 aromatic heterocycles. The van der Waals surface area contributed by atoms with Gasteiger partial charge in [-0.3, -0.25) is 9.59 Å². The van der Waals surface area contributed by atoms with E-state index in [9.17, 15) is 9.59 Å². The molecule has 1 unspecified atom stereocenters. The summed E-state index contributed by atoms with van der Waals surface area (Å²) in [6.07, 6.45) is 2.74. The first kappa shape index (κ1) is 16.3. The smallest absolute Gasteiger partial charge is 0.221 e. The molecule has 0 saturated carbocycles. The van der Waals surface area contributed by atoms with Crippen LogP contribution >= 0.6 is 0 Å². The molecule has 6 heteroatoms. The fourth-order valence-electron chi connectivity index (χ4n) is 2.45. The molecule has 0 aliphatic carbocycles. The second kappa shape index (κ2) is 8.38. The van der Waals surface area contributed by atoms with Crippen molar-refractivity contribution in [2.24, 2.45) is 0 Å². The SMILES string of the molecule is CC(=O)Nc1cccc(OCCNC(=O)CC2CCCN2)c1. The molecule has 22 heavy (non-hydrogen) atoms. The van der Waals surface area contributed by atoms with E-state index in [2.05, 4.69) is 16.0 Å². The van der Waals surface area contributed by atoms with Crippen molar-refractivity contribution >= 4 is 17.5 Å². The minimum atomic E-state index is -0.120. The first-order chi connectivity index (χ1) is 10.6. The average Bonchev–Trinajstić information content (AvgIpc) is 2.96. The molecule has 0 radical (unpaired) electrons. The maximum Gasteiger partial charge on any atom is 0.221 e. The maximum atomic E-state index is 11.7. The molecule has 1 atom stereocenters. The summed E-state index contributed by atoms with van der Waals surface area (Å²) < 4.78 is 5.57. The number of anilines is 1. The van der Waals surface area contributed by atoms with Gasteiger partial charge in [0.2, 0.25) is 11.8 Å². The van der Waals surface area contributed by atoms with Gasteiger partial charge in [0.15, 0.2) is 0 Å². The summed E-state index contributed by atoms with van der Waals surface area (Å²) in [6, 6.07) is 7.49. The van der Waals surface area contributed by atoms with Gasteiger partial charge in [0.1, 0.15) is 12.4 Å². The molecule has 2 rings (SSSR count). The molecule has 1 fully saturated rings. The molecule has 1 heterocycles. The normalized spacial score (nSPS) is 17.0. The van der Waals surface area contributed by atoms with E-state index in [4.69, 9.17) is 4.74 Å². The molecule has 0 spiro atoms. The van der Waals surface area contributed by atoms with Crippen molar-refractivity contribution in [3.05, 3.63) is 24.3 Å². The molecule has 1 aromatic rings. The third-order valence-electron chi connectivity index (χ3n) is 3.44. The van der Waals surface area contributed by atoms with E-state index >= 15 is 0 Å². The van der Waals surface area contributed by atoms with Crippen molar-refractivity contribution in [2.75, 3.05) is 25.0 Å². The Kier molecular flexibility index (Phi) is 6.21. The van der Waals surface area contributed by atoms with E-state index in [1.54, 1.807) is 12.1 Å².